The fourth-order valence-corrected chi connectivity index (χ4v) is 4.11. The number of hydrogen-bond donors (Lipinski definition) is 0. The highest BCUT2D eigenvalue weighted by molar-refractivity contribution is 7.08. The first-order chi connectivity index (χ1) is 10.2. The highest BCUT2D eigenvalue weighted by Gasteiger charge is 2.49. The smallest absolute Gasteiger partial charge is 0.265 e. The molecule has 0 radical (unpaired) electrons. The molecule has 6 heteroatoms. The third-order valence-corrected chi connectivity index (χ3v) is 5.34. The van der Waals surface area contributed by atoms with Gasteiger partial charge in [0.25, 0.3) is 5.91 Å². The van der Waals surface area contributed by atoms with Crippen LogP contribution >= 0.6 is 11.5 Å². The monoisotopic (exact) mass is 307 g/mol. The van der Waals surface area contributed by atoms with Crippen molar-refractivity contribution in [3.8, 4) is 0 Å². The summed E-state index contributed by atoms with van der Waals surface area (Å²) < 4.78 is 3.99. The number of carbonyl (C=O) groups is 2. The maximum Gasteiger partial charge on any atom is 0.265 e. The molecular weight excluding hydrogens is 286 g/mol. The lowest BCUT2D eigenvalue weighted by molar-refractivity contribution is -0.145. The van der Waals surface area contributed by atoms with Crippen LogP contribution in [0.15, 0.2) is 12.3 Å². The van der Waals surface area contributed by atoms with E-state index in [1.54, 1.807) is 12.3 Å². The van der Waals surface area contributed by atoms with Crippen molar-refractivity contribution in [3.63, 3.8) is 0 Å². The van der Waals surface area contributed by atoms with Crippen molar-refractivity contribution in [2.45, 2.75) is 32.6 Å². The summed E-state index contributed by atoms with van der Waals surface area (Å²) in [7, 11) is 0. The average molecular weight is 307 g/mol. The van der Waals surface area contributed by atoms with Crippen molar-refractivity contribution < 1.29 is 9.59 Å². The van der Waals surface area contributed by atoms with Crippen LogP contribution < -0.4 is 0 Å². The van der Waals surface area contributed by atoms with Gasteiger partial charge in [0, 0.05) is 32.4 Å². The summed E-state index contributed by atoms with van der Waals surface area (Å²) in [6.45, 7) is 5.06. The fraction of sp³-hybridized carbons (Fsp3) is 0.667. The van der Waals surface area contributed by atoms with Gasteiger partial charge in [-0.15, -0.1) is 0 Å². The fourth-order valence-electron chi connectivity index (χ4n) is 3.54. The highest BCUT2D eigenvalue weighted by atomic mass is 32.1. The van der Waals surface area contributed by atoms with E-state index >= 15 is 0 Å². The lowest BCUT2D eigenvalue weighted by atomic mass is 9.78. The molecule has 0 aliphatic carbocycles. The van der Waals surface area contributed by atoms with Gasteiger partial charge in [-0.3, -0.25) is 9.59 Å². The number of rotatable bonds is 3. The number of carbonyl (C=O) groups excluding carboxylic acids is 2. The Kier molecular flexibility index (Phi) is 3.97. The minimum Gasteiger partial charge on any atom is -0.342 e. The Morgan fingerprint density at radius 1 is 1.43 bits per heavy atom. The van der Waals surface area contributed by atoms with Crippen LogP contribution in [0, 0.1) is 5.41 Å². The normalized spacial score (nSPS) is 25.9. The lowest BCUT2D eigenvalue weighted by Gasteiger charge is -2.39. The topological polar surface area (TPSA) is 53.5 Å². The Morgan fingerprint density at radius 3 is 3.00 bits per heavy atom. The van der Waals surface area contributed by atoms with E-state index in [1.165, 1.54) is 11.5 Å². The predicted molar refractivity (Wildman–Crippen MR) is 81.2 cm³/mol. The molecule has 3 rings (SSSR count). The third kappa shape index (κ3) is 2.57. The first-order valence-corrected chi connectivity index (χ1v) is 8.43. The first-order valence-electron chi connectivity index (χ1n) is 7.66. The lowest BCUT2D eigenvalue weighted by Crippen LogP contribution is -2.50. The Balaban J connectivity index is 1.73. The molecule has 0 bridgehead atoms. The van der Waals surface area contributed by atoms with E-state index in [1.807, 2.05) is 9.80 Å². The second-order valence-corrected chi connectivity index (χ2v) is 6.86. The first kappa shape index (κ1) is 14.5. The largest absolute Gasteiger partial charge is 0.342 e. The molecule has 1 aromatic rings. The van der Waals surface area contributed by atoms with Crippen molar-refractivity contribution in [1.82, 2.24) is 14.2 Å². The maximum atomic E-state index is 12.8. The second-order valence-electron chi connectivity index (χ2n) is 6.03. The van der Waals surface area contributed by atoms with Gasteiger partial charge in [-0.2, -0.15) is 0 Å². The second kappa shape index (κ2) is 5.75. The molecule has 1 atom stereocenters. The molecule has 3 heterocycles. The number of amides is 2. The van der Waals surface area contributed by atoms with E-state index in [9.17, 15) is 9.59 Å². The quantitative estimate of drug-likeness (QED) is 0.858. The molecule has 2 amide bonds. The molecule has 0 aromatic carbocycles. The van der Waals surface area contributed by atoms with Gasteiger partial charge in [0.15, 0.2) is 0 Å². The van der Waals surface area contributed by atoms with Gasteiger partial charge in [0.05, 0.1) is 5.41 Å². The van der Waals surface area contributed by atoms with Crippen LogP contribution in [0.3, 0.4) is 0 Å². The Labute approximate surface area is 129 Å². The average Bonchev–Trinajstić information content (AvgIpc) is 3.14. The van der Waals surface area contributed by atoms with E-state index in [-0.39, 0.29) is 17.2 Å². The van der Waals surface area contributed by atoms with E-state index < -0.39 is 0 Å². The Hall–Kier alpha value is -1.43. The van der Waals surface area contributed by atoms with Crippen LogP contribution in [-0.4, -0.2) is 52.2 Å². The van der Waals surface area contributed by atoms with Crippen molar-refractivity contribution >= 4 is 23.3 Å². The van der Waals surface area contributed by atoms with Gasteiger partial charge < -0.3 is 9.80 Å². The molecule has 2 saturated heterocycles. The number of nitrogens with zero attached hydrogens (tertiary/aromatic N) is 3. The van der Waals surface area contributed by atoms with Crippen LogP contribution in [0.2, 0.25) is 0 Å². The number of likely N-dealkylation sites (tertiary alicyclic amines) is 2. The molecule has 1 spiro atoms. The maximum absolute atomic E-state index is 12.8. The van der Waals surface area contributed by atoms with Crippen molar-refractivity contribution in [2.75, 3.05) is 26.2 Å². The van der Waals surface area contributed by atoms with Crippen LogP contribution in [0.1, 0.15) is 42.3 Å². The molecule has 5 nitrogen and oxygen atoms in total. The highest BCUT2D eigenvalue weighted by Crippen LogP contribution is 2.40. The zero-order valence-electron chi connectivity index (χ0n) is 12.4. The molecule has 0 unspecified atom stereocenters. The molecule has 0 N–H and O–H groups in total. The van der Waals surface area contributed by atoms with E-state index in [0.29, 0.717) is 18.0 Å². The van der Waals surface area contributed by atoms with Crippen molar-refractivity contribution in [2.24, 2.45) is 5.41 Å². The van der Waals surface area contributed by atoms with Crippen LogP contribution in [-0.2, 0) is 4.79 Å². The molecule has 114 valence electrons. The number of hydrogen-bond acceptors (Lipinski definition) is 4. The molecular formula is C15H21N3O2S. The van der Waals surface area contributed by atoms with Crippen molar-refractivity contribution in [3.05, 3.63) is 17.1 Å². The Bertz CT molecular complexity index is 529. The standard InChI is InChI=1S/C15H21N3O2S/c1-2-8-17-9-3-5-15(14(17)20)6-10-18(11-15)13(19)12-4-7-16-21-12/h4,7H,2-3,5-6,8-11H2,1H3/t15-/m1/s1. The summed E-state index contributed by atoms with van der Waals surface area (Å²) in [5.74, 6) is 0.282. The molecule has 2 fully saturated rings. The van der Waals surface area contributed by atoms with E-state index in [0.717, 1.165) is 38.8 Å². The molecule has 2 aliphatic rings. The Morgan fingerprint density at radius 2 is 2.29 bits per heavy atom. The summed E-state index contributed by atoms with van der Waals surface area (Å²) in [5, 5.41) is 0. The SMILES string of the molecule is CCCN1CCC[C@]2(CCN(C(=O)c3ccns3)C2)C1=O. The number of aromatic nitrogens is 1. The van der Waals surface area contributed by atoms with E-state index in [4.69, 9.17) is 0 Å². The van der Waals surface area contributed by atoms with Gasteiger partial charge >= 0.3 is 0 Å². The summed E-state index contributed by atoms with van der Waals surface area (Å²) >= 11 is 1.23. The molecule has 1 aromatic heterocycles. The van der Waals surface area contributed by atoms with Crippen LogP contribution in [0.4, 0.5) is 0 Å². The minimum atomic E-state index is -0.326. The molecule has 21 heavy (non-hydrogen) atoms. The summed E-state index contributed by atoms with van der Waals surface area (Å²) in [6.07, 6.45) is 5.41. The summed E-state index contributed by atoms with van der Waals surface area (Å²) in [4.78, 5) is 29.7. The summed E-state index contributed by atoms with van der Waals surface area (Å²) in [5.41, 5.74) is -0.326. The molecule has 2 aliphatic heterocycles. The van der Waals surface area contributed by atoms with Gasteiger partial charge in [-0.05, 0) is 43.3 Å². The van der Waals surface area contributed by atoms with Gasteiger partial charge in [0.2, 0.25) is 5.91 Å². The minimum absolute atomic E-state index is 0.0230. The third-order valence-electron chi connectivity index (χ3n) is 4.61. The van der Waals surface area contributed by atoms with Gasteiger partial charge in [-0.1, -0.05) is 6.92 Å². The van der Waals surface area contributed by atoms with Gasteiger partial charge in [-0.25, -0.2) is 4.37 Å². The van der Waals surface area contributed by atoms with Crippen molar-refractivity contribution in [1.29, 1.82) is 0 Å². The predicted octanol–water partition coefficient (Wildman–Crippen LogP) is 2.01. The zero-order chi connectivity index (χ0) is 14.9. The zero-order valence-corrected chi connectivity index (χ0v) is 13.2. The summed E-state index contributed by atoms with van der Waals surface area (Å²) in [6, 6.07) is 1.75. The van der Waals surface area contributed by atoms with Gasteiger partial charge in [0.1, 0.15) is 4.88 Å². The number of piperidine rings is 1. The van der Waals surface area contributed by atoms with Crippen LogP contribution in [0.5, 0.6) is 0 Å². The molecule has 0 saturated carbocycles. The van der Waals surface area contributed by atoms with Crippen LogP contribution in [0.25, 0.3) is 0 Å². The van der Waals surface area contributed by atoms with E-state index in [2.05, 4.69) is 11.3 Å².